The van der Waals surface area contributed by atoms with Crippen molar-refractivity contribution >= 4 is 0 Å². The molecule has 5 heterocycles. The van der Waals surface area contributed by atoms with Crippen molar-refractivity contribution < 1.29 is 134 Å². The van der Waals surface area contributed by atoms with Crippen molar-refractivity contribution in [2.75, 3.05) is 33.0 Å². The van der Waals surface area contributed by atoms with E-state index in [2.05, 4.69) is 26.8 Å². The predicted octanol–water partition coefficient (Wildman–Crippen LogP) is -4.13. The van der Waals surface area contributed by atoms with E-state index in [-0.39, 0.29) is 25.0 Å². The molecule has 0 amide bonds. The molecule has 5 aliphatic heterocycles. The standard InChI is InChI=1S/C58H98O27/c1-23(2)10-9-13-58(8,85-52-46(75)41(70)38(67)30(82-52)21-77-49-44(73)39(68)31(22-78-49)81-50-43(72)35(64)27(63)20-76-50)24-11-15-56(6)34(24)25(61)16-32-55(5)14-12-33(54(3,4)48(55)26(62)17-57(32,56)7)83-53-47(42(71)37(66)29(19-60)80-53)84-51-45(74)40(69)36(65)28(18-59)79-51/h10,24-53,59-75H,9,11-22H2,1-8H3/t24-,25+,26-,27+,28+,29+,30+,31-,32+,33-,34-,35-,36+,37+,38+,39-,40-,41-,42-,43+,44+,45+,46+,47+,48-,49+,50-,51-,52-,53-,55+,56+,57+,58-/m0/s1. The van der Waals surface area contributed by atoms with Crippen LogP contribution in [0.5, 0.6) is 0 Å². The molecule has 0 aromatic rings. The Kier molecular flexibility index (Phi) is 20.8. The summed E-state index contributed by atoms with van der Waals surface area (Å²) in [6.07, 6.45) is -33.7. The summed E-state index contributed by atoms with van der Waals surface area (Å²) in [6, 6.07) is 0. The van der Waals surface area contributed by atoms with Gasteiger partial charge in [0.25, 0.3) is 0 Å². The lowest BCUT2D eigenvalue weighted by Gasteiger charge is -2.71. The van der Waals surface area contributed by atoms with E-state index >= 15 is 0 Å². The van der Waals surface area contributed by atoms with Gasteiger partial charge in [-0.3, -0.25) is 0 Å². The molecule has 9 fully saturated rings. The quantitative estimate of drug-likeness (QED) is 0.0486. The van der Waals surface area contributed by atoms with Gasteiger partial charge in [0.1, 0.15) is 110 Å². The van der Waals surface area contributed by atoms with E-state index in [0.717, 1.165) is 5.57 Å². The molecule has 0 aromatic carbocycles. The van der Waals surface area contributed by atoms with Crippen LogP contribution in [0.25, 0.3) is 0 Å². The van der Waals surface area contributed by atoms with Gasteiger partial charge in [-0.05, 0) is 117 Å². The summed E-state index contributed by atoms with van der Waals surface area (Å²) >= 11 is 0. The lowest BCUT2D eigenvalue weighted by Crippen LogP contribution is -2.70. The molecule has 0 radical (unpaired) electrons. The van der Waals surface area contributed by atoms with Gasteiger partial charge in [-0.15, -0.1) is 0 Å². The molecule has 4 aliphatic carbocycles. The molecule has 34 atom stereocenters. The molecular weight excluding hydrogens is 1130 g/mol. The van der Waals surface area contributed by atoms with Gasteiger partial charge in [0.15, 0.2) is 31.5 Å². The molecule has 492 valence electrons. The number of ether oxygens (including phenoxy) is 10. The summed E-state index contributed by atoms with van der Waals surface area (Å²) in [6.45, 7) is 13.6. The third kappa shape index (κ3) is 12.2. The van der Waals surface area contributed by atoms with E-state index < -0.39 is 219 Å². The third-order valence-electron chi connectivity index (χ3n) is 22.1. The monoisotopic (exact) mass is 1230 g/mol. The van der Waals surface area contributed by atoms with Crippen LogP contribution in [0.1, 0.15) is 107 Å². The van der Waals surface area contributed by atoms with Crippen LogP contribution < -0.4 is 0 Å². The molecule has 9 rings (SSSR count). The van der Waals surface area contributed by atoms with Crippen LogP contribution in [0.15, 0.2) is 11.6 Å². The molecule has 0 bridgehead atoms. The molecule has 85 heavy (non-hydrogen) atoms. The summed E-state index contributed by atoms with van der Waals surface area (Å²) < 4.78 is 60.0. The zero-order chi connectivity index (χ0) is 62.4. The number of aliphatic hydroxyl groups is 17. The number of hydrogen-bond acceptors (Lipinski definition) is 27. The lowest BCUT2D eigenvalue weighted by atomic mass is 9.34. The first-order valence-corrected chi connectivity index (χ1v) is 30.3. The molecule has 0 spiro atoms. The Bertz CT molecular complexity index is 2250. The maximum Gasteiger partial charge on any atom is 0.187 e. The highest BCUT2D eigenvalue weighted by molar-refractivity contribution is 5.22. The van der Waals surface area contributed by atoms with Crippen molar-refractivity contribution in [3.05, 3.63) is 11.6 Å². The Hall–Kier alpha value is -1.34. The van der Waals surface area contributed by atoms with Crippen LogP contribution in [-0.4, -0.2) is 285 Å². The molecule has 4 saturated carbocycles. The molecule has 9 aliphatic rings. The Balaban J connectivity index is 0.908. The number of allylic oxidation sites excluding steroid dienone is 2. The minimum atomic E-state index is -1.86. The van der Waals surface area contributed by atoms with Crippen LogP contribution in [-0.2, 0) is 47.4 Å². The van der Waals surface area contributed by atoms with Crippen molar-refractivity contribution in [3.63, 3.8) is 0 Å². The number of fused-ring (bicyclic) bond motifs is 5. The third-order valence-corrected chi connectivity index (χ3v) is 22.1. The topological polar surface area (TPSA) is 436 Å². The second-order valence-corrected chi connectivity index (χ2v) is 27.8. The van der Waals surface area contributed by atoms with Crippen LogP contribution in [0.4, 0.5) is 0 Å². The van der Waals surface area contributed by atoms with Crippen molar-refractivity contribution in [2.24, 2.45) is 45.3 Å². The van der Waals surface area contributed by atoms with E-state index in [1.165, 1.54) is 0 Å². The highest BCUT2D eigenvalue weighted by Gasteiger charge is 2.74. The van der Waals surface area contributed by atoms with Crippen molar-refractivity contribution in [3.8, 4) is 0 Å². The molecular formula is C58H98O27. The first-order chi connectivity index (χ1) is 39.8. The van der Waals surface area contributed by atoms with Gasteiger partial charge < -0.3 is 134 Å². The molecule has 0 unspecified atom stereocenters. The molecule has 27 heteroatoms. The normalized spacial score (nSPS) is 53.4. The zero-order valence-corrected chi connectivity index (χ0v) is 49.8. The maximum atomic E-state index is 12.9. The minimum absolute atomic E-state index is 0.152. The van der Waals surface area contributed by atoms with Gasteiger partial charge in [0.2, 0.25) is 0 Å². The Labute approximate surface area is 494 Å². The van der Waals surface area contributed by atoms with Crippen LogP contribution in [0, 0.1) is 45.3 Å². The first kappa shape index (κ1) is 68.0. The lowest BCUT2D eigenvalue weighted by molar-refractivity contribution is -0.380. The minimum Gasteiger partial charge on any atom is -0.394 e. The Morgan fingerprint density at radius 3 is 1.78 bits per heavy atom. The molecule has 0 aromatic heterocycles. The summed E-state index contributed by atoms with van der Waals surface area (Å²) in [5, 5.41) is 187. The van der Waals surface area contributed by atoms with Gasteiger partial charge in [-0.2, -0.15) is 0 Å². The number of aliphatic hydroxyl groups excluding tert-OH is 17. The Morgan fingerprint density at radius 2 is 1.13 bits per heavy atom. The van der Waals surface area contributed by atoms with Gasteiger partial charge >= 0.3 is 0 Å². The highest BCUT2D eigenvalue weighted by atomic mass is 16.8. The van der Waals surface area contributed by atoms with Crippen molar-refractivity contribution in [1.29, 1.82) is 0 Å². The van der Waals surface area contributed by atoms with E-state index in [9.17, 15) is 86.8 Å². The smallest absolute Gasteiger partial charge is 0.187 e. The molecule has 27 nitrogen and oxygen atoms in total. The highest BCUT2D eigenvalue weighted by Crippen LogP contribution is 2.76. The summed E-state index contributed by atoms with van der Waals surface area (Å²) in [5.74, 6) is -1.40. The van der Waals surface area contributed by atoms with Crippen molar-refractivity contribution in [2.45, 2.75) is 272 Å². The zero-order valence-electron chi connectivity index (χ0n) is 49.8. The average Bonchev–Trinajstić information content (AvgIpc) is 1.67. The van der Waals surface area contributed by atoms with Gasteiger partial charge in [-0.1, -0.05) is 46.3 Å². The SMILES string of the molecule is CC(C)=CCC[C@](C)(O[C@@H]1O[C@H](CO[C@@H]2OC[C@H](O[C@@H]3OC[C@@H](O)[C@H](O)[C@H]3O)[C@H](O)[C@H]2O)[C@@H](O)[C@H](O)[C@H]1O)[C@H]1CC[C@]2(C)[C@@H]1[C@H](O)C[C@@H]1[C@@]3(C)CC[C@H](O[C@@H]4O[C@H](CO)[C@@H](O)[C@H](O)[C@H]4O[C@@H]4O[C@H](CO)[C@@H](O)[C@H](O)[C@H]4O)C(C)(C)[C@@H]3[C@@H](O)C[C@]12C. The van der Waals surface area contributed by atoms with Crippen LogP contribution in [0.2, 0.25) is 0 Å². The van der Waals surface area contributed by atoms with E-state index in [1.54, 1.807) is 0 Å². The average molecular weight is 1230 g/mol. The predicted molar refractivity (Wildman–Crippen MR) is 288 cm³/mol. The number of hydrogen-bond donors (Lipinski definition) is 17. The van der Waals surface area contributed by atoms with Gasteiger partial charge in [0.05, 0.1) is 56.9 Å². The summed E-state index contributed by atoms with van der Waals surface area (Å²) in [4.78, 5) is 0. The fraction of sp³-hybridized carbons (Fsp3) is 0.966. The second-order valence-electron chi connectivity index (χ2n) is 27.8. The maximum absolute atomic E-state index is 12.9. The fourth-order valence-corrected chi connectivity index (χ4v) is 17.3. The second kappa shape index (κ2) is 26.0. The van der Waals surface area contributed by atoms with Crippen LogP contribution >= 0.6 is 0 Å². The summed E-state index contributed by atoms with van der Waals surface area (Å²) in [7, 11) is 0. The largest absolute Gasteiger partial charge is 0.394 e. The number of rotatable bonds is 17. The van der Waals surface area contributed by atoms with Crippen molar-refractivity contribution in [1.82, 2.24) is 0 Å². The van der Waals surface area contributed by atoms with E-state index in [4.69, 9.17) is 47.4 Å². The van der Waals surface area contributed by atoms with Gasteiger partial charge in [-0.25, -0.2) is 0 Å². The fourth-order valence-electron chi connectivity index (χ4n) is 17.3. The molecule has 17 N–H and O–H groups in total. The van der Waals surface area contributed by atoms with E-state index in [0.29, 0.717) is 51.4 Å². The summed E-state index contributed by atoms with van der Waals surface area (Å²) in [5.41, 5.74) is -2.79. The Morgan fingerprint density at radius 1 is 0.553 bits per heavy atom. The first-order valence-electron chi connectivity index (χ1n) is 30.3. The van der Waals surface area contributed by atoms with Crippen LogP contribution in [0.3, 0.4) is 0 Å². The van der Waals surface area contributed by atoms with Gasteiger partial charge in [0, 0.05) is 0 Å². The van der Waals surface area contributed by atoms with E-state index in [1.807, 2.05) is 34.6 Å². The molecule has 5 saturated heterocycles.